The van der Waals surface area contributed by atoms with Gasteiger partial charge in [0, 0.05) is 51.2 Å². The first kappa shape index (κ1) is 16.2. The van der Waals surface area contributed by atoms with E-state index >= 15 is 0 Å². The highest BCUT2D eigenvalue weighted by Gasteiger charge is 2.34. The summed E-state index contributed by atoms with van der Waals surface area (Å²) in [5.74, 6) is 0. The Morgan fingerprint density at radius 1 is 1.04 bits per heavy atom. The van der Waals surface area contributed by atoms with Crippen molar-refractivity contribution in [3.05, 3.63) is 52.5 Å². The summed E-state index contributed by atoms with van der Waals surface area (Å²) >= 11 is 1.79. The lowest BCUT2D eigenvalue weighted by molar-refractivity contribution is -0.0747. The van der Waals surface area contributed by atoms with Crippen LogP contribution in [0.25, 0.3) is 0 Å². The Labute approximate surface area is 148 Å². The van der Waals surface area contributed by atoms with Crippen molar-refractivity contribution in [1.82, 2.24) is 14.8 Å². The lowest BCUT2D eigenvalue weighted by Crippen LogP contribution is -2.50. The number of thiophene rings is 1. The van der Waals surface area contributed by atoms with E-state index in [0.29, 0.717) is 12.1 Å². The molecule has 24 heavy (non-hydrogen) atoms. The molecule has 2 aliphatic heterocycles. The van der Waals surface area contributed by atoms with Gasteiger partial charge in [0.05, 0.1) is 12.7 Å². The molecule has 0 saturated carbocycles. The second-order valence-electron chi connectivity index (χ2n) is 6.79. The van der Waals surface area contributed by atoms with Crippen LogP contribution in [0.4, 0.5) is 0 Å². The van der Waals surface area contributed by atoms with Crippen molar-refractivity contribution in [3.8, 4) is 0 Å². The Morgan fingerprint density at radius 3 is 2.75 bits per heavy atom. The second-order valence-corrected chi connectivity index (χ2v) is 7.57. The van der Waals surface area contributed by atoms with E-state index in [9.17, 15) is 0 Å². The van der Waals surface area contributed by atoms with Crippen LogP contribution in [-0.4, -0.2) is 53.2 Å². The van der Waals surface area contributed by atoms with Gasteiger partial charge in [0.2, 0.25) is 0 Å². The molecule has 0 amide bonds. The first-order valence-electron chi connectivity index (χ1n) is 8.86. The molecule has 0 bridgehead atoms. The van der Waals surface area contributed by atoms with Gasteiger partial charge in [-0.2, -0.15) is 11.3 Å². The van der Waals surface area contributed by atoms with Gasteiger partial charge in [0.15, 0.2) is 0 Å². The van der Waals surface area contributed by atoms with Gasteiger partial charge in [-0.1, -0.05) is 0 Å². The molecule has 2 aromatic rings. The fourth-order valence-corrected chi connectivity index (χ4v) is 4.59. The van der Waals surface area contributed by atoms with Gasteiger partial charge in [-0.3, -0.25) is 14.8 Å². The largest absolute Gasteiger partial charge is 0.375 e. The minimum Gasteiger partial charge on any atom is -0.375 e. The monoisotopic (exact) mass is 343 g/mol. The fourth-order valence-electron chi connectivity index (χ4n) is 3.93. The molecule has 2 fully saturated rings. The van der Waals surface area contributed by atoms with E-state index in [1.54, 1.807) is 11.3 Å². The van der Waals surface area contributed by atoms with Crippen molar-refractivity contribution in [3.63, 3.8) is 0 Å². The van der Waals surface area contributed by atoms with E-state index in [-0.39, 0.29) is 0 Å². The van der Waals surface area contributed by atoms with Crippen molar-refractivity contribution in [2.24, 2.45) is 0 Å². The molecule has 4 rings (SSSR count). The maximum atomic E-state index is 6.13. The number of rotatable bonds is 4. The first-order valence-corrected chi connectivity index (χ1v) is 9.81. The molecule has 5 heteroatoms. The van der Waals surface area contributed by atoms with Crippen LogP contribution >= 0.6 is 11.3 Å². The molecule has 4 heterocycles. The standard InChI is InChI=1S/C19H25N3OS/c1-6-20-7-2-16(1)14-22-10-11-23-19-4-9-21(8-3-18(19)22)13-17-5-12-24-15-17/h1-2,5-7,12,15,18-19H,3-4,8-11,13-14H2/t18-,19-/m0/s1. The van der Waals surface area contributed by atoms with Crippen LogP contribution in [-0.2, 0) is 17.8 Å². The highest BCUT2D eigenvalue weighted by Crippen LogP contribution is 2.26. The normalized spacial score (nSPS) is 26.0. The van der Waals surface area contributed by atoms with Crippen molar-refractivity contribution >= 4 is 11.3 Å². The van der Waals surface area contributed by atoms with E-state index in [4.69, 9.17) is 4.74 Å². The molecule has 2 aromatic heterocycles. The average Bonchev–Trinajstić information content (AvgIpc) is 3.03. The SMILES string of the molecule is c1cc(CN2CCO[C@H]3CCN(Cc4ccsc4)CC[C@@H]32)ccn1. The predicted molar refractivity (Wildman–Crippen MR) is 97.0 cm³/mol. The lowest BCUT2D eigenvalue weighted by Gasteiger charge is -2.40. The molecule has 0 spiro atoms. The Balaban J connectivity index is 1.40. The molecule has 0 radical (unpaired) electrons. The smallest absolute Gasteiger partial charge is 0.0743 e. The summed E-state index contributed by atoms with van der Waals surface area (Å²) in [4.78, 5) is 9.35. The van der Waals surface area contributed by atoms with Crippen LogP contribution in [0.1, 0.15) is 24.0 Å². The minimum atomic E-state index is 0.382. The van der Waals surface area contributed by atoms with E-state index in [1.807, 2.05) is 12.4 Å². The number of fused-ring (bicyclic) bond motifs is 1. The van der Waals surface area contributed by atoms with Gasteiger partial charge in [-0.15, -0.1) is 0 Å². The third-order valence-electron chi connectivity index (χ3n) is 5.20. The zero-order valence-electron chi connectivity index (χ0n) is 14.0. The van der Waals surface area contributed by atoms with Crippen LogP contribution < -0.4 is 0 Å². The van der Waals surface area contributed by atoms with Crippen LogP contribution in [0.2, 0.25) is 0 Å². The summed E-state index contributed by atoms with van der Waals surface area (Å²) in [5, 5.41) is 4.44. The summed E-state index contributed by atoms with van der Waals surface area (Å²) in [6.45, 7) is 6.28. The molecule has 2 aliphatic rings. The number of ether oxygens (including phenoxy) is 1. The van der Waals surface area contributed by atoms with Gasteiger partial charge >= 0.3 is 0 Å². The Kier molecular flexibility index (Phi) is 5.23. The topological polar surface area (TPSA) is 28.6 Å². The molecular weight excluding hydrogens is 318 g/mol. The molecule has 128 valence electrons. The highest BCUT2D eigenvalue weighted by atomic mass is 32.1. The molecule has 2 atom stereocenters. The zero-order valence-corrected chi connectivity index (χ0v) is 14.8. The Morgan fingerprint density at radius 2 is 1.92 bits per heavy atom. The lowest BCUT2D eigenvalue weighted by atomic mass is 10.0. The number of likely N-dealkylation sites (tertiary alicyclic amines) is 1. The van der Waals surface area contributed by atoms with Crippen LogP contribution in [0, 0.1) is 0 Å². The van der Waals surface area contributed by atoms with Gasteiger partial charge < -0.3 is 4.74 Å². The highest BCUT2D eigenvalue weighted by molar-refractivity contribution is 7.07. The molecule has 4 nitrogen and oxygen atoms in total. The van der Waals surface area contributed by atoms with Crippen molar-refractivity contribution in [2.45, 2.75) is 38.1 Å². The number of nitrogens with zero attached hydrogens (tertiary/aromatic N) is 3. The van der Waals surface area contributed by atoms with Crippen molar-refractivity contribution < 1.29 is 4.74 Å². The summed E-state index contributed by atoms with van der Waals surface area (Å²) in [7, 11) is 0. The van der Waals surface area contributed by atoms with E-state index in [0.717, 1.165) is 45.8 Å². The summed E-state index contributed by atoms with van der Waals surface area (Å²) in [6, 6.07) is 7.04. The number of hydrogen-bond donors (Lipinski definition) is 0. The third kappa shape index (κ3) is 3.86. The van der Waals surface area contributed by atoms with E-state index < -0.39 is 0 Å². The quantitative estimate of drug-likeness (QED) is 0.853. The number of pyridine rings is 1. The van der Waals surface area contributed by atoms with E-state index in [2.05, 4.69) is 43.7 Å². The van der Waals surface area contributed by atoms with Gasteiger partial charge in [-0.25, -0.2) is 0 Å². The van der Waals surface area contributed by atoms with Crippen molar-refractivity contribution in [1.29, 1.82) is 0 Å². The Bertz CT molecular complexity index is 619. The average molecular weight is 343 g/mol. The molecule has 2 saturated heterocycles. The van der Waals surface area contributed by atoms with Crippen LogP contribution in [0.15, 0.2) is 41.4 Å². The summed E-state index contributed by atoms with van der Waals surface area (Å²) < 4.78 is 6.13. The Hall–Kier alpha value is -1.27. The van der Waals surface area contributed by atoms with E-state index in [1.165, 1.54) is 17.5 Å². The van der Waals surface area contributed by atoms with Crippen molar-refractivity contribution in [2.75, 3.05) is 26.2 Å². The number of hydrogen-bond acceptors (Lipinski definition) is 5. The zero-order chi connectivity index (χ0) is 16.2. The predicted octanol–water partition coefficient (Wildman–Crippen LogP) is 3.01. The maximum absolute atomic E-state index is 6.13. The number of aromatic nitrogens is 1. The fraction of sp³-hybridized carbons (Fsp3) is 0.526. The summed E-state index contributed by atoms with van der Waals surface area (Å²) in [6.07, 6.45) is 6.50. The minimum absolute atomic E-state index is 0.382. The molecule has 0 unspecified atom stereocenters. The maximum Gasteiger partial charge on any atom is 0.0743 e. The van der Waals surface area contributed by atoms with Gasteiger partial charge in [0.25, 0.3) is 0 Å². The molecule has 0 aliphatic carbocycles. The second kappa shape index (κ2) is 7.74. The van der Waals surface area contributed by atoms with Crippen LogP contribution in [0.5, 0.6) is 0 Å². The number of morpholine rings is 1. The summed E-state index contributed by atoms with van der Waals surface area (Å²) in [5.41, 5.74) is 2.80. The molecule has 0 N–H and O–H groups in total. The third-order valence-corrected chi connectivity index (χ3v) is 5.93. The van der Waals surface area contributed by atoms with Gasteiger partial charge in [0.1, 0.15) is 0 Å². The molecule has 0 aromatic carbocycles. The van der Waals surface area contributed by atoms with Crippen LogP contribution in [0.3, 0.4) is 0 Å². The van der Waals surface area contributed by atoms with Gasteiger partial charge in [-0.05, 0) is 52.9 Å². The first-order chi connectivity index (χ1) is 11.9. The molecular formula is C19H25N3OS.